The molecule has 0 aromatic carbocycles. The Morgan fingerprint density at radius 1 is 1.00 bits per heavy atom. The van der Waals surface area contributed by atoms with E-state index in [1.165, 1.54) is 16.5 Å². The van der Waals surface area contributed by atoms with Crippen molar-refractivity contribution in [2.45, 2.75) is 40.5 Å². The van der Waals surface area contributed by atoms with Gasteiger partial charge in [-0.1, -0.05) is 13.3 Å². The van der Waals surface area contributed by atoms with E-state index in [4.69, 9.17) is 0 Å². The maximum atomic E-state index is 4.64. The third-order valence-corrected chi connectivity index (χ3v) is 2.81. The Kier molecular flexibility index (Phi) is 2.90. The fourth-order valence-electron chi connectivity index (χ4n) is 2.29. The van der Waals surface area contributed by atoms with Crippen molar-refractivity contribution in [3.8, 4) is 0 Å². The Labute approximate surface area is 96.7 Å². The van der Waals surface area contributed by atoms with Crippen molar-refractivity contribution < 1.29 is 0 Å². The lowest BCUT2D eigenvalue weighted by molar-refractivity contribution is 0.883. The maximum Gasteiger partial charge on any atom is 0.0503 e. The summed E-state index contributed by atoms with van der Waals surface area (Å²) >= 11 is 0. The fourth-order valence-corrected chi connectivity index (χ4v) is 2.29. The summed E-state index contributed by atoms with van der Waals surface area (Å²) in [5.41, 5.74) is 4.48. The van der Waals surface area contributed by atoms with E-state index in [0.29, 0.717) is 0 Å². The van der Waals surface area contributed by atoms with Gasteiger partial charge in [0.25, 0.3) is 0 Å². The number of rotatable bonds is 2. The normalized spacial score (nSPS) is 11.0. The lowest BCUT2D eigenvalue weighted by atomic mass is 10.0. The van der Waals surface area contributed by atoms with E-state index in [-0.39, 0.29) is 0 Å². The molecule has 0 amide bonds. The second kappa shape index (κ2) is 4.20. The highest BCUT2D eigenvalue weighted by molar-refractivity contribution is 5.87. The van der Waals surface area contributed by atoms with Crippen molar-refractivity contribution in [2.24, 2.45) is 0 Å². The van der Waals surface area contributed by atoms with E-state index in [1.807, 2.05) is 6.92 Å². The molecule has 0 spiro atoms. The van der Waals surface area contributed by atoms with E-state index in [9.17, 15) is 0 Å². The van der Waals surface area contributed by atoms with Crippen molar-refractivity contribution >= 4 is 10.8 Å². The fraction of sp³-hybridized carbons (Fsp3) is 0.429. The molecule has 0 N–H and O–H groups in total. The van der Waals surface area contributed by atoms with Crippen LogP contribution in [0.4, 0.5) is 0 Å². The Morgan fingerprint density at radius 2 is 1.62 bits per heavy atom. The lowest BCUT2D eigenvalue weighted by Crippen LogP contribution is -1.98. The summed E-state index contributed by atoms with van der Waals surface area (Å²) in [5.74, 6) is 0. The smallest absolute Gasteiger partial charge is 0.0503 e. The van der Waals surface area contributed by atoms with Gasteiger partial charge < -0.3 is 0 Å². The summed E-state index contributed by atoms with van der Waals surface area (Å²) in [5, 5.41) is 2.53. The van der Waals surface area contributed by atoms with Gasteiger partial charge in [0.1, 0.15) is 0 Å². The number of hydrogen-bond donors (Lipinski definition) is 0. The predicted octanol–water partition coefficient (Wildman–Crippen LogP) is 3.51. The van der Waals surface area contributed by atoms with Crippen LogP contribution in [0.1, 0.15) is 36.1 Å². The largest absolute Gasteiger partial charge is 0.258 e. The van der Waals surface area contributed by atoms with Gasteiger partial charge in [0.15, 0.2) is 0 Å². The summed E-state index contributed by atoms with van der Waals surface area (Å²) in [6.45, 7) is 8.36. The van der Waals surface area contributed by atoms with Gasteiger partial charge in [0.05, 0.1) is 5.69 Å². The number of aryl methyl sites for hydroxylation is 4. The zero-order valence-electron chi connectivity index (χ0n) is 10.5. The molecule has 2 aromatic heterocycles. The molecule has 0 aliphatic rings. The average Bonchev–Trinajstić information content (AvgIpc) is 2.15. The van der Waals surface area contributed by atoms with Crippen LogP contribution in [-0.2, 0) is 6.42 Å². The monoisotopic (exact) mass is 214 g/mol. The number of pyridine rings is 2. The molecule has 2 nitrogen and oxygen atoms in total. The molecule has 2 aromatic rings. The van der Waals surface area contributed by atoms with Crippen molar-refractivity contribution in [1.29, 1.82) is 0 Å². The minimum atomic E-state index is 1.03. The SMILES string of the molecule is CCCc1nc(C)cc2cc(C)nc(C)c12. The Balaban J connectivity index is 2.78. The van der Waals surface area contributed by atoms with Gasteiger partial charge in [-0.15, -0.1) is 0 Å². The molecule has 0 bridgehead atoms. The maximum absolute atomic E-state index is 4.64. The van der Waals surface area contributed by atoms with E-state index >= 15 is 0 Å². The molecule has 2 heteroatoms. The molecule has 0 unspecified atom stereocenters. The molecular weight excluding hydrogens is 196 g/mol. The first kappa shape index (κ1) is 11.1. The van der Waals surface area contributed by atoms with Crippen LogP contribution < -0.4 is 0 Å². The number of fused-ring (bicyclic) bond motifs is 1. The average molecular weight is 214 g/mol. The van der Waals surface area contributed by atoms with Gasteiger partial charge in [0.2, 0.25) is 0 Å². The highest BCUT2D eigenvalue weighted by Gasteiger charge is 2.08. The number of hydrogen-bond acceptors (Lipinski definition) is 2. The molecule has 0 aliphatic carbocycles. The van der Waals surface area contributed by atoms with Crippen molar-refractivity contribution in [3.63, 3.8) is 0 Å². The molecule has 2 rings (SSSR count). The van der Waals surface area contributed by atoms with Gasteiger partial charge in [-0.25, -0.2) is 0 Å². The number of nitrogens with zero attached hydrogens (tertiary/aromatic N) is 2. The van der Waals surface area contributed by atoms with Crippen LogP contribution in [0.2, 0.25) is 0 Å². The van der Waals surface area contributed by atoms with Gasteiger partial charge in [-0.2, -0.15) is 0 Å². The van der Waals surface area contributed by atoms with Crippen molar-refractivity contribution in [2.75, 3.05) is 0 Å². The summed E-state index contributed by atoms with van der Waals surface area (Å²) in [6.07, 6.45) is 2.16. The van der Waals surface area contributed by atoms with Gasteiger partial charge >= 0.3 is 0 Å². The molecule has 0 atom stereocenters. The predicted molar refractivity (Wildman–Crippen MR) is 67.7 cm³/mol. The first-order valence-corrected chi connectivity index (χ1v) is 5.86. The van der Waals surface area contributed by atoms with Crippen molar-refractivity contribution in [3.05, 3.63) is 34.9 Å². The van der Waals surface area contributed by atoms with E-state index in [0.717, 1.165) is 29.9 Å². The highest BCUT2D eigenvalue weighted by Crippen LogP contribution is 2.23. The molecule has 0 radical (unpaired) electrons. The molecule has 0 saturated carbocycles. The van der Waals surface area contributed by atoms with Crippen LogP contribution in [0, 0.1) is 20.8 Å². The van der Waals surface area contributed by atoms with Crippen LogP contribution in [0.5, 0.6) is 0 Å². The second-order valence-corrected chi connectivity index (χ2v) is 4.41. The minimum Gasteiger partial charge on any atom is -0.258 e. The first-order chi connectivity index (χ1) is 7.61. The second-order valence-electron chi connectivity index (χ2n) is 4.41. The molecule has 0 aliphatic heterocycles. The summed E-state index contributed by atoms with van der Waals surface area (Å²) in [7, 11) is 0. The lowest BCUT2D eigenvalue weighted by Gasteiger charge is -2.09. The van der Waals surface area contributed by atoms with E-state index in [1.54, 1.807) is 0 Å². The molecule has 2 heterocycles. The first-order valence-electron chi connectivity index (χ1n) is 5.86. The summed E-state index contributed by atoms with van der Waals surface area (Å²) in [4.78, 5) is 9.18. The van der Waals surface area contributed by atoms with Crippen molar-refractivity contribution in [1.82, 2.24) is 9.97 Å². The minimum absolute atomic E-state index is 1.03. The Morgan fingerprint density at radius 3 is 2.25 bits per heavy atom. The van der Waals surface area contributed by atoms with Gasteiger partial charge in [-0.3, -0.25) is 9.97 Å². The van der Waals surface area contributed by atoms with Crippen LogP contribution in [0.3, 0.4) is 0 Å². The quantitative estimate of drug-likeness (QED) is 0.764. The Bertz CT molecular complexity index is 524. The third kappa shape index (κ3) is 1.92. The zero-order valence-corrected chi connectivity index (χ0v) is 10.5. The molecule has 16 heavy (non-hydrogen) atoms. The highest BCUT2D eigenvalue weighted by atomic mass is 14.7. The third-order valence-electron chi connectivity index (χ3n) is 2.81. The zero-order chi connectivity index (χ0) is 11.7. The van der Waals surface area contributed by atoms with E-state index < -0.39 is 0 Å². The summed E-state index contributed by atoms with van der Waals surface area (Å²) in [6, 6.07) is 4.30. The van der Waals surface area contributed by atoms with Crippen LogP contribution in [-0.4, -0.2) is 9.97 Å². The van der Waals surface area contributed by atoms with E-state index in [2.05, 4.69) is 42.9 Å². The van der Waals surface area contributed by atoms with Crippen LogP contribution >= 0.6 is 0 Å². The van der Waals surface area contributed by atoms with Crippen LogP contribution in [0.25, 0.3) is 10.8 Å². The van der Waals surface area contributed by atoms with Crippen LogP contribution in [0.15, 0.2) is 12.1 Å². The molecule has 0 fully saturated rings. The molecular formula is C14H18N2. The topological polar surface area (TPSA) is 25.8 Å². The van der Waals surface area contributed by atoms with Gasteiger partial charge in [0, 0.05) is 22.5 Å². The number of aromatic nitrogens is 2. The molecule has 84 valence electrons. The Hall–Kier alpha value is -1.44. The van der Waals surface area contributed by atoms with Gasteiger partial charge in [-0.05, 0) is 44.7 Å². The summed E-state index contributed by atoms with van der Waals surface area (Å²) < 4.78 is 0. The molecule has 0 saturated heterocycles. The standard InChI is InChI=1S/C14H18N2/c1-5-6-13-14-11(4)15-9(2)7-12(14)8-10(3)16-13/h7-8H,5-6H2,1-4H3.